The first kappa shape index (κ1) is 23.0. The minimum Gasteiger partial charge on any atom is -1.00 e. The van der Waals surface area contributed by atoms with Crippen LogP contribution >= 0.6 is 0 Å². The Hall–Kier alpha value is 1.82. The fourth-order valence-electron chi connectivity index (χ4n) is 0.922. The Kier molecular flexibility index (Phi) is 15.4. The summed E-state index contributed by atoms with van der Waals surface area (Å²) in [5.74, 6) is -0.613. The summed E-state index contributed by atoms with van der Waals surface area (Å²) in [7, 11) is -7.81. The number of hydrogen-bond donors (Lipinski definition) is 2. The molecule has 0 aliphatic rings. The zero-order chi connectivity index (χ0) is 11.2. The molecule has 0 heterocycles. The van der Waals surface area contributed by atoms with Crippen LogP contribution in [0.25, 0.3) is 0 Å². The second-order valence-electron chi connectivity index (χ2n) is 2.99. The van der Waals surface area contributed by atoms with Gasteiger partial charge < -0.3 is 2.85 Å². The van der Waals surface area contributed by atoms with Gasteiger partial charge in [0.15, 0.2) is 0 Å². The molecule has 0 aromatic carbocycles. The van der Waals surface area contributed by atoms with Crippen molar-refractivity contribution in [2.24, 2.45) is 0 Å². The Balaban J connectivity index is -0.000000141. The molecular formula is C6H16Na2O6S2. The standard InChI is InChI=1S/C6H14O6S2.2Na.2H/c7-13(8,9)5-3-1-2-4-6-14(10,11)12;;;;/h1-6H2,(H,7,8,9)(H,10,11,12);;;;/q;2*+1;2*-1. The molecule has 0 fully saturated rings. The van der Waals surface area contributed by atoms with E-state index in [-0.39, 0.29) is 73.5 Å². The fourth-order valence-corrected chi connectivity index (χ4v) is 2.06. The molecule has 0 atom stereocenters. The van der Waals surface area contributed by atoms with Crippen LogP contribution in [0.5, 0.6) is 0 Å². The van der Waals surface area contributed by atoms with Crippen LogP contribution in [0.1, 0.15) is 28.5 Å². The SMILES string of the molecule is O=S(=O)(O)CCCCCCS(=O)(=O)O.[H-].[H-].[Na+].[Na+]. The number of hydrogen-bond acceptors (Lipinski definition) is 4. The van der Waals surface area contributed by atoms with E-state index in [1.165, 1.54) is 0 Å². The third-order valence-electron chi connectivity index (χ3n) is 1.55. The Labute approximate surface area is 144 Å². The van der Waals surface area contributed by atoms with E-state index in [4.69, 9.17) is 9.11 Å². The summed E-state index contributed by atoms with van der Waals surface area (Å²) in [6, 6.07) is 0. The molecule has 2 N–H and O–H groups in total. The second kappa shape index (κ2) is 10.7. The molecule has 6 nitrogen and oxygen atoms in total. The zero-order valence-corrected chi connectivity index (χ0v) is 15.2. The smallest absolute Gasteiger partial charge is 1.00 e. The Bertz CT molecular complexity index is 322. The molecule has 0 aromatic rings. The van der Waals surface area contributed by atoms with E-state index >= 15 is 0 Å². The fraction of sp³-hybridized carbons (Fsp3) is 1.00. The van der Waals surface area contributed by atoms with Crippen LogP contribution in [0.3, 0.4) is 0 Å². The van der Waals surface area contributed by atoms with Gasteiger partial charge in [-0.2, -0.15) is 16.8 Å². The quantitative estimate of drug-likeness (QED) is 0.275. The van der Waals surface area contributed by atoms with E-state index in [0.29, 0.717) is 25.7 Å². The maximum atomic E-state index is 10.2. The van der Waals surface area contributed by atoms with Gasteiger partial charge in [0, 0.05) is 0 Å². The van der Waals surface area contributed by atoms with E-state index in [1.54, 1.807) is 0 Å². The molecule has 0 aliphatic carbocycles. The first-order chi connectivity index (χ1) is 6.21. The molecule has 0 radical (unpaired) electrons. The van der Waals surface area contributed by atoms with E-state index < -0.39 is 20.2 Å². The van der Waals surface area contributed by atoms with Crippen molar-refractivity contribution in [2.75, 3.05) is 11.5 Å². The van der Waals surface area contributed by atoms with Gasteiger partial charge in [-0.15, -0.1) is 0 Å². The predicted octanol–water partition coefficient (Wildman–Crippen LogP) is -5.44. The van der Waals surface area contributed by atoms with Gasteiger partial charge in [-0.1, -0.05) is 12.8 Å². The van der Waals surface area contributed by atoms with Crippen LogP contribution < -0.4 is 59.1 Å². The van der Waals surface area contributed by atoms with Gasteiger partial charge in [0.1, 0.15) is 0 Å². The van der Waals surface area contributed by atoms with Gasteiger partial charge in [0.05, 0.1) is 11.5 Å². The van der Waals surface area contributed by atoms with Crippen LogP contribution in [0.4, 0.5) is 0 Å². The van der Waals surface area contributed by atoms with Crippen molar-refractivity contribution < 1.29 is 87.9 Å². The van der Waals surface area contributed by atoms with E-state index in [1.807, 2.05) is 0 Å². The summed E-state index contributed by atoms with van der Waals surface area (Å²) in [5.41, 5.74) is 0. The van der Waals surface area contributed by atoms with Crippen molar-refractivity contribution in [1.29, 1.82) is 0 Å². The van der Waals surface area contributed by atoms with Crippen LogP contribution in [0, 0.1) is 0 Å². The summed E-state index contributed by atoms with van der Waals surface area (Å²) in [6.07, 6.45) is 1.61. The molecule has 16 heavy (non-hydrogen) atoms. The molecule has 0 amide bonds. The van der Waals surface area contributed by atoms with E-state index in [9.17, 15) is 16.8 Å². The molecule has 10 heteroatoms. The molecule has 0 bridgehead atoms. The Morgan fingerprint density at radius 3 is 1.12 bits per heavy atom. The van der Waals surface area contributed by atoms with Gasteiger partial charge >= 0.3 is 59.1 Å². The summed E-state index contributed by atoms with van der Waals surface area (Å²) in [6.45, 7) is 0. The van der Waals surface area contributed by atoms with Gasteiger partial charge in [0.25, 0.3) is 20.2 Å². The molecule has 0 saturated carbocycles. The minimum atomic E-state index is -3.91. The van der Waals surface area contributed by atoms with Crippen molar-refractivity contribution >= 4 is 20.2 Å². The van der Waals surface area contributed by atoms with Gasteiger partial charge in [0.2, 0.25) is 0 Å². The van der Waals surface area contributed by atoms with Gasteiger partial charge in [-0.25, -0.2) is 0 Å². The van der Waals surface area contributed by atoms with Crippen LogP contribution in [-0.4, -0.2) is 37.4 Å². The molecule has 0 rings (SSSR count). The molecule has 0 saturated heterocycles. The van der Waals surface area contributed by atoms with E-state index in [0.717, 1.165) is 0 Å². The van der Waals surface area contributed by atoms with Gasteiger partial charge in [-0.3, -0.25) is 9.11 Å². The summed E-state index contributed by atoms with van der Waals surface area (Å²) in [5, 5.41) is 0. The summed E-state index contributed by atoms with van der Waals surface area (Å²) >= 11 is 0. The predicted molar refractivity (Wildman–Crippen MR) is 53.5 cm³/mol. The molecule has 0 unspecified atom stereocenters. The van der Waals surface area contributed by atoms with Crippen LogP contribution in [0.2, 0.25) is 0 Å². The molecule has 0 aliphatic heterocycles. The van der Waals surface area contributed by atoms with Gasteiger partial charge in [-0.05, 0) is 12.8 Å². The topological polar surface area (TPSA) is 109 Å². The maximum Gasteiger partial charge on any atom is 1.00 e. The van der Waals surface area contributed by atoms with Crippen molar-refractivity contribution in [2.45, 2.75) is 25.7 Å². The largest absolute Gasteiger partial charge is 1.00 e. The third-order valence-corrected chi connectivity index (χ3v) is 3.16. The molecule has 90 valence electrons. The van der Waals surface area contributed by atoms with E-state index in [2.05, 4.69) is 0 Å². The summed E-state index contributed by atoms with van der Waals surface area (Å²) in [4.78, 5) is 0. The monoisotopic (exact) mass is 294 g/mol. The average molecular weight is 294 g/mol. The van der Waals surface area contributed by atoms with Crippen molar-refractivity contribution in [3.63, 3.8) is 0 Å². The molecule has 0 aromatic heterocycles. The molecule has 0 spiro atoms. The van der Waals surface area contributed by atoms with Crippen LogP contribution in [0.15, 0.2) is 0 Å². The normalized spacial score (nSPS) is 11.4. The first-order valence-electron chi connectivity index (χ1n) is 4.11. The summed E-state index contributed by atoms with van der Waals surface area (Å²) < 4.78 is 57.7. The maximum absolute atomic E-state index is 10.2. The molecular weight excluding hydrogens is 278 g/mol. The first-order valence-corrected chi connectivity index (χ1v) is 7.33. The van der Waals surface area contributed by atoms with Crippen molar-refractivity contribution in [1.82, 2.24) is 0 Å². The van der Waals surface area contributed by atoms with Crippen molar-refractivity contribution in [3.05, 3.63) is 0 Å². The van der Waals surface area contributed by atoms with Crippen molar-refractivity contribution in [3.8, 4) is 0 Å². The average Bonchev–Trinajstić information content (AvgIpc) is 1.92. The number of unbranched alkanes of at least 4 members (excludes halogenated alkanes) is 3. The Morgan fingerprint density at radius 2 is 0.938 bits per heavy atom. The van der Waals surface area contributed by atoms with Crippen LogP contribution in [-0.2, 0) is 20.2 Å². The minimum absolute atomic E-state index is 0. The Morgan fingerprint density at radius 1 is 0.688 bits per heavy atom. The number of rotatable bonds is 7. The third kappa shape index (κ3) is 21.1. The zero-order valence-electron chi connectivity index (χ0n) is 11.6. The second-order valence-corrected chi connectivity index (χ2v) is 6.13.